The number of hydrogen-bond acceptors (Lipinski definition) is 4. The summed E-state index contributed by atoms with van der Waals surface area (Å²) in [4.78, 5) is 31.0. The lowest BCUT2D eigenvalue weighted by Crippen LogP contribution is -2.45. The Morgan fingerprint density at radius 3 is 2.17 bits per heavy atom. The van der Waals surface area contributed by atoms with Crippen LogP contribution in [-0.4, -0.2) is 53.4 Å². The molecule has 0 saturated carbocycles. The molecule has 0 atom stereocenters. The van der Waals surface area contributed by atoms with Crippen LogP contribution in [0, 0.1) is 0 Å². The quantitative estimate of drug-likeness (QED) is 0.757. The molecule has 1 aromatic heterocycles. The number of likely N-dealkylation sites (tertiary alicyclic amines) is 1. The van der Waals surface area contributed by atoms with Crippen molar-refractivity contribution in [2.75, 3.05) is 19.6 Å². The second-order valence-corrected chi connectivity index (χ2v) is 7.90. The summed E-state index contributed by atoms with van der Waals surface area (Å²) in [5, 5.41) is 5.99. The van der Waals surface area contributed by atoms with Gasteiger partial charge in [0.1, 0.15) is 0 Å². The van der Waals surface area contributed by atoms with Crippen LogP contribution in [0.25, 0.3) is 0 Å². The first-order valence-electron chi connectivity index (χ1n) is 10.3. The molecule has 29 heavy (non-hydrogen) atoms. The highest BCUT2D eigenvalue weighted by Crippen LogP contribution is 2.13. The molecule has 6 nitrogen and oxygen atoms in total. The number of amides is 2. The number of nitrogens with one attached hydrogen (secondary N) is 2. The van der Waals surface area contributed by atoms with E-state index in [1.807, 2.05) is 26.2 Å². The monoisotopic (exact) mass is 394 g/mol. The second-order valence-electron chi connectivity index (χ2n) is 7.90. The Morgan fingerprint density at radius 1 is 1.00 bits per heavy atom. The van der Waals surface area contributed by atoms with E-state index in [4.69, 9.17) is 0 Å². The van der Waals surface area contributed by atoms with Crippen LogP contribution in [0.1, 0.15) is 53.0 Å². The largest absolute Gasteiger partial charge is 0.350 e. The van der Waals surface area contributed by atoms with E-state index in [1.54, 1.807) is 24.3 Å². The van der Waals surface area contributed by atoms with Gasteiger partial charge >= 0.3 is 0 Å². The van der Waals surface area contributed by atoms with Gasteiger partial charge < -0.3 is 15.5 Å². The number of benzene rings is 1. The molecule has 3 rings (SSSR count). The van der Waals surface area contributed by atoms with Gasteiger partial charge in [0.2, 0.25) is 0 Å². The van der Waals surface area contributed by atoms with E-state index in [1.165, 1.54) is 5.56 Å². The smallest absolute Gasteiger partial charge is 0.251 e. The molecule has 0 unspecified atom stereocenters. The lowest BCUT2D eigenvalue weighted by Gasteiger charge is -2.32. The maximum atomic E-state index is 12.5. The van der Waals surface area contributed by atoms with Crippen molar-refractivity contribution in [3.63, 3.8) is 0 Å². The highest BCUT2D eigenvalue weighted by atomic mass is 16.2. The highest BCUT2D eigenvalue weighted by Gasteiger charge is 2.21. The van der Waals surface area contributed by atoms with Gasteiger partial charge in [-0.15, -0.1) is 0 Å². The molecule has 1 saturated heterocycles. The summed E-state index contributed by atoms with van der Waals surface area (Å²) in [7, 11) is 0. The lowest BCUT2D eigenvalue weighted by atomic mass is 10.0. The van der Waals surface area contributed by atoms with Crippen molar-refractivity contribution < 1.29 is 9.59 Å². The van der Waals surface area contributed by atoms with Crippen molar-refractivity contribution in [2.45, 2.75) is 45.2 Å². The van der Waals surface area contributed by atoms with E-state index in [-0.39, 0.29) is 23.9 Å². The summed E-state index contributed by atoms with van der Waals surface area (Å²) in [5.74, 6) is -0.192. The molecule has 0 bridgehead atoms. The SMILES string of the molecule is CC(C)NC(=O)c1ccc(C(=O)NC2CCN(CCc3ccncc3)CC2)cc1. The van der Waals surface area contributed by atoms with E-state index in [9.17, 15) is 9.59 Å². The first-order valence-corrected chi connectivity index (χ1v) is 10.3. The van der Waals surface area contributed by atoms with Crippen LogP contribution in [0.5, 0.6) is 0 Å². The van der Waals surface area contributed by atoms with Crippen molar-refractivity contribution in [3.05, 3.63) is 65.5 Å². The lowest BCUT2D eigenvalue weighted by molar-refractivity contribution is 0.0907. The molecular weight excluding hydrogens is 364 g/mol. The average Bonchev–Trinajstić information content (AvgIpc) is 2.73. The summed E-state index contributed by atoms with van der Waals surface area (Å²) in [5.41, 5.74) is 2.46. The number of hydrogen-bond donors (Lipinski definition) is 2. The summed E-state index contributed by atoms with van der Waals surface area (Å²) >= 11 is 0. The number of carbonyl (C=O) groups is 2. The molecule has 2 N–H and O–H groups in total. The molecule has 6 heteroatoms. The van der Waals surface area contributed by atoms with Gasteiger partial charge in [0.25, 0.3) is 11.8 Å². The zero-order valence-corrected chi connectivity index (χ0v) is 17.2. The minimum atomic E-state index is -0.119. The molecule has 1 aliphatic rings. The third-order valence-electron chi connectivity index (χ3n) is 5.22. The first kappa shape index (κ1) is 21.0. The fourth-order valence-corrected chi connectivity index (χ4v) is 3.52. The Labute approximate surface area is 172 Å². The molecule has 154 valence electrons. The highest BCUT2D eigenvalue weighted by molar-refractivity contribution is 5.98. The van der Waals surface area contributed by atoms with Crippen LogP contribution >= 0.6 is 0 Å². The van der Waals surface area contributed by atoms with Crippen molar-refractivity contribution in [2.24, 2.45) is 0 Å². The second kappa shape index (κ2) is 10.2. The number of rotatable bonds is 7. The normalized spacial score (nSPS) is 15.3. The fourth-order valence-electron chi connectivity index (χ4n) is 3.52. The molecule has 2 aromatic rings. The van der Waals surface area contributed by atoms with E-state index in [0.29, 0.717) is 11.1 Å². The molecule has 1 fully saturated rings. The van der Waals surface area contributed by atoms with Gasteiger partial charge in [-0.3, -0.25) is 14.6 Å². The maximum absolute atomic E-state index is 12.5. The van der Waals surface area contributed by atoms with Gasteiger partial charge in [0, 0.05) is 55.2 Å². The Hall–Kier alpha value is -2.73. The third-order valence-corrected chi connectivity index (χ3v) is 5.22. The summed E-state index contributed by atoms with van der Waals surface area (Å²) < 4.78 is 0. The van der Waals surface area contributed by atoms with Crippen LogP contribution in [-0.2, 0) is 6.42 Å². The zero-order valence-electron chi connectivity index (χ0n) is 17.2. The summed E-state index contributed by atoms with van der Waals surface area (Å²) in [6.45, 7) is 6.85. The number of aromatic nitrogens is 1. The number of carbonyl (C=O) groups excluding carboxylic acids is 2. The van der Waals surface area contributed by atoms with Crippen LogP contribution in [0.3, 0.4) is 0 Å². The predicted molar refractivity (Wildman–Crippen MR) is 114 cm³/mol. The summed E-state index contributed by atoms with van der Waals surface area (Å²) in [6, 6.07) is 11.2. The van der Waals surface area contributed by atoms with Crippen LogP contribution < -0.4 is 10.6 Å². The van der Waals surface area contributed by atoms with Crippen LogP contribution in [0.15, 0.2) is 48.8 Å². The third kappa shape index (κ3) is 6.39. The van der Waals surface area contributed by atoms with Crippen molar-refractivity contribution in [1.29, 1.82) is 0 Å². The molecule has 0 aliphatic carbocycles. The van der Waals surface area contributed by atoms with Gasteiger partial charge in [-0.1, -0.05) is 0 Å². The van der Waals surface area contributed by atoms with Crippen LogP contribution in [0.2, 0.25) is 0 Å². The molecule has 0 spiro atoms. The Morgan fingerprint density at radius 2 is 1.59 bits per heavy atom. The minimum Gasteiger partial charge on any atom is -0.350 e. The van der Waals surface area contributed by atoms with Gasteiger partial charge in [0.05, 0.1) is 0 Å². The van der Waals surface area contributed by atoms with Crippen molar-refractivity contribution in [3.8, 4) is 0 Å². The Bertz CT molecular complexity index is 797. The maximum Gasteiger partial charge on any atom is 0.251 e. The van der Waals surface area contributed by atoms with Crippen LogP contribution in [0.4, 0.5) is 0 Å². The summed E-state index contributed by atoms with van der Waals surface area (Å²) in [6.07, 6.45) is 6.60. The van der Waals surface area contributed by atoms with Gasteiger partial charge in [-0.25, -0.2) is 0 Å². The number of pyridine rings is 1. The zero-order chi connectivity index (χ0) is 20.6. The van der Waals surface area contributed by atoms with E-state index in [0.717, 1.165) is 38.9 Å². The number of nitrogens with zero attached hydrogens (tertiary/aromatic N) is 2. The Balaban J connectivity index is 1.43. The van der Waals surface area contributed by atoms with Gasteiger partial charge in [-0.05, 0) is 75.1 Å². The fraction of sp³-hybridized carbons (Fsp3) is 0.435. The molecule has 0 radical (unpaired) electrons. The molecule has 1 aliphatic heterocycles. The predicted octanol–water partition coefficient (Wildman–Crippen LogP) is 2.66. The topological polar surface area (TPSA) is 74.3 Å². The molecule has 2 amide bonds. The standard InChI is InChI=1S/C23H30N4O2/c1-17(2)25-22(28)19-3-5-20(6-4-19)23(29)26-21-10-15-27(16-11-21)14-9-18-7-12-24-13-8-18/h3-8,12-13,17,21H,9-11,14-16H2,1-2H3,(H,25,28)(H,26,29). The van der Waals surface area contributed by atoms with E-state index < -0.39 is 0 Å². The molecule has 2 heterocycles. The Kier molecular flexibility index (Phi) is 7.36. The van der Waals surface area contributed by atoms with Gasteiger partial charge in [-0.2, -0.15) is 0 Å². The molecule has 1 aromatic carbocycles. The van der Waals surface area contributed by atoms with Gasteiger partial charge in [0.15, 0.2) is 0 Å². The minimum absolute atomic E-state index is 0.0731. The first-order chi connectivity index (χ1) is 14.0. The molecular formula is C23H30N4O2. The average molecular weight is 395 g/mol. The number of piperidine rings is 1. The van der Waals surface area contributed by atoms with Crippen molar-refractivity contribution in [1.82, 2.24) is 20.5 Å². The van der Waals surface area contributed by atoms with E-state index >= 15 is 0 Å². The van der Waals surface area contributed by atoms with Crippen molar-refractivity contribution >= 4 is 11.8 Å². The van der Waals surface area contributed by atoms with E-state index in [2.05, 4.69) is 32.7 Å².